The second kappa shape index (κ2) is 7.82. The first-order valence-electron chi connectivity index (χ1n) is 6.50. The molecule has 0 radical (unpaired) electrons. The van der Waals surface area contributed by atoms with Crippen LogP contribution in [0.5, 0.6) is 0 Å². The lowest BCUT2D eigenvalue weighted by Gasteiger charge is -2.34. The molecule has 1 aromatic heterocycles. The highest BCUT2D eigenvalue weighted by atomic mass is 79.9. The van der Waals surface area contributed by atoms with Gasteiger partial charge < -0.3 is 19.5 Å². The van der Waals surface area contributed by atoms with Crippen LogP contribution >= 0.6 is 28.3 Å². The van der Waals surface area contributed by atoms with Crippen LogP contribution in [0.1, 0.15) is 17.5 Å². The third kappa shape index (κ3) is 4.46. The van der Waals surface area contributed by atoms with Gasteiger partial charge in [0.15, 0.2) is 10.4 Å². The highest BCUT2D eigenvalue weighted by Gasteiger charge is 2.25. The van der Waals surface area contributed by atoms with Crippen LogP contribution in [-0.4, -0.2) is 60.9 Å². The van der Waals surface area contributed by atoms with Gasteiger partial charge in [-0.25, -0.2) is 0 Å². The summed E-state index contributed by atoms with van der Waals surface area (Å²) in [6, 6.07) is 3.39. The molecular formula is C13H19BrClN3O3. The van der Waals surface area contributed by atoms with Gasteiger partial charge in [0.25, 0.3) is 5.91 Å². The normalized spacial score (nSPS) is 18.0. The molecule has 2 heterocycles. The summed E-state index contributed by atoms with van der Waals surface area (Å²) >= 11 is 3.15. The van der Waals surface area contributed by atoms with E-state index in [2.05, 4.69) is 21.2 Å². The van der Waals surface area contributed by atoms with Gasteiger partial charge in [0, 0.05) is 32.7 Å². The summed E-state index contributed by atoms with van der Waals surface area (Å²) in [4.78, 5) is 27.5. The SMILES string of the molecule is C[C@H]1CNCCN1C(=O)CN(C)C(=O)c1ccc(Br)o1.Cl. The molecule has 1 saturated heterocycles. The third-order valence-electron chi connectivity index (χ3n) is 3.32. The largest absolute Gasteiger partial charge is 0.444 e. The molecule has 118 valence electrons. The predicted octanol–water partition coefficient (Wildman–Crippen LogP) is 1.36. The summed E-state index contributed by atoms with van der Waals surface area (Å²) in [5.41, 5.74) is 0. The van der Waals surface area contributed by atoms with Crippen molar-refractivity contribution in [2.24, 2.45) is 0 Å². The van der Waals surface area contributed by atoms with Gasteiger partial charge in [-0.2, -0.15) is 0 Å². The lowest BCUT2D eigenvalue weighted by Crippen LogP contribution is -2.54. The third-order valence-corrected chi connectivity index (χ3v) is 3.75. The van der Waals surface area contributed by atoms with Crippen molar-refractivity contribution in [2.45, 2.75) is 13.0 Å². The first-order chi connectivity index (χ1) is 9.49. The highest BCUT2D eigenvalue weighted by Crippen LogP contribution is 2.15. The van der Waals surface area contributed by atoms with Crippen molar-refractivity contribution in [3.8, 4) is 0 Å². The highest BCUT2D eigenvalue weighted by molar-refractivity contribution is 9.10. The van der Waals surface area contributed by atoms with E-state index in [9.17, 15) is 9.59 Å². The van der Waals surface area contributed by atoms with Crippen LogP contribution in [0.25, 0.3) is 0 Å². The Balaban J connectivity index is 0.00000220. The summed E-state index contributed by atoms with van der Waals surface area (Å²) in [6.45, 7) is 4.30. The van der Waals surface area contributed by atoms with Crippen LogP contribution in [0.2, 0.25) is 0 Å². The van der Waals surface area contributed by atoms with Crippen molar-refractivity contribution in [1.82, 2.24) is 15.1 Å². The molecule has 2 amide bonds. The Morgan fingerprint density at radius 3 is 2.81 bits per heavy atom. The van der Waals surface area contributed by atoms with Crippen LogP contribution in [0.3, 0.4) is 0 Å². The van der Waals surface area contributed by atoms with E-state index >= 15 is 0 Å². The van der Waals surface area contributed by atoms with Crippen molar-refractivity contribution in [3.63, 3.8) is 0 Å². The Morgan fingerprint density at radius 2 is 2.24 bits per heavy atom. The first kappa shape index (κ1) is 18.0. The number of rotatable bonds is 3. The molecule has 2 rings (SSSR count). The second-order valence-electron chi connectivity index (χ2n) is 4.91. The molecule has 1 atom stereocenters. The minimum absolute atomic E-state index is 0. The van der Waals surface area contributed by atoms with Gasteiger partial charge in [0.05, 0.1) is 6.54 Å². The summed E-state index contributed by atoms with van der Waals surface area (Å²) < 4.78 is 5.70. The van der Waals surface area contributed by atoms with Crippen molar-refractivity contribution in [3.05, 3.63) is 22.6 Å². The first-order valence-corrected chi connectivity index (χ1v) is 7.29. The zero-order valence-corrected chi connectivity index (χ0v) is 14.4. The van der Waals surface area contributed by atoms with Crippen LogP contribution in [0, 0.1) is 0 Å². The van der Waals surface area contributed by atoms with E-state index in [4.69, 9.17) is 4.42 Å². The molecule has 0 aromatic carbocycles. The molecule has 0 unspecified atom stereocenters. The number of carbonyl (C=O) groups is 2. The van der Waals surface area contributed by atoms with E-state index < -0.39 is 0 Å². The van der Waals surface area contributed by atoms with E-state index in [0.29, 0.717) is 11.2 Å². The summed E-state index contributed by atoms with van der Waals surface area (Å²) in [5, 5.41) is 3.23. The standard InChI is InChI=1S/C13H18BrN3O3.ClH/c1-9-7-15-5-6-17(9)12(18)8-16(2)13(19)10-3-4-11(14)20-10;/h3-4,9,15H,5-8H2,1-2H3;1H/t9-;/m0./s1. The molecule has 1 N–H and O–H groups in total. The van der Waals surface area contributed by atoms with Crippen LogP contribution < -0.4 is 5.32 Å². The van der Waals surface area contributed by atoms with E-state index in [-0.39, 0.29) is 42.6 Å². The number of nitrogens with one attached hydrogen (secondary N) is 1. The molecule has 0 aliphatic carbocycles. The van der Waals surface area contributed by atoms with Gasteiger partial charge in [0.2, 0.25) is 5.91 Å². The molecule has 0 bridgehead atoms. The zero-order chi connectivity index (χ0) is 14.7. The van der Waals surface area contributed by atoms with Crippen molar-refractivity contribution in [1.29, 1.82) is 0 Å². The van der Waals surface area contributed by atoms with Crippen molar-refractivity contribution < 1.29 is 14.0 Å². The van der Waals surface area contributed by atoms with Gasteiger partial charge in [-0.1, -0.05) is 0 Å². The number of amides is 2. The Bertz CT molecular complexity index is 509. The molecule has 8 heteroatoms. The maximum Gasteiger partial charge on any atom is 0.289 e. The van der Waals surface area contributed by atoms with E-state index in [1.807, 2.05) is 6.92 Å². The number of piperazine rings is 1. The summed E-state index contributed by atoms with van der Waals surface area (Å²) in [7, 11) is 1.60. The number of likely N-dealkylation sites (N-methyl/N-ethyl adjacent to an activating group) is 1. The van der Waals surface area contributed by atoms with Gasteiger partial charge >= 0.3 is 0 Å². The van der Waals surface area contributed by atoms with Crippen molar-refractivity contribution >= 4 is 40.2 Å². The minimum Gasteiger partial charge on any atom is -0.444 e. The summed E-state index contributed by atoms with van der Waals surface area (Å²) in [5.74, 6) is -0.118. The van der Waals surface area contributed by atoms with E-state index in [1.54, 1.807) is 24.1 Å². The van der Waals surface area contributed by atoms with Crippen LogP contribution in [0.4, 0.5) is 0 Å². The predicted molar refractivity (Wildman–Crippen MR) is 84.7 cm³/mol. The maximum absolute atomic E-state index is 12.2. The molecule has 1 aliphatic rings. The lowest BCUT2D eigenvalue weighted by molar-refractivity contribution is -0.134. The fraction of sp³-hybridized carbons (Fsp3) is 0.538. The molecule has 6 nitrogen and oxygen atoms in total. The van der Waals surface area contributed by atoms with Gasteiger partial charge in [-0.05, 0) is 35.0 Å². The topological polar surface area (TPSA) is 65.8 Å². The lowest BCUT2D eigenvalue weighted by atomic mass is 10.2. The molecule has 1 fully saturated rings. The number of halogens is 2. The molecule has 1 aromatic rings. The van der Waals surface area contributed by atoms with Gasteiger partial charge in [-0.3, -0.25) is 9.59 Å². The second-order valence-corrected chi connectivity index (χ2v) is 5.69. The molecular weight excluding hydrogens is 362 g/mol. The fourth-order valence-corrected chi connectivity index (χ4v) is 2.50. The molecule has 21 heavy (non-hydrogen) atoms. The average Bonchev–Trinajstić information content (AvgIpc) is 2.84. The number of furan rings is 1. The van der Waals surface area contributed by atoms with E-state index in [1.165, 1.54) is 4.90 Å². The molecule has 1 aliphatic heterocycles. The Hall–Kier alpha value is -1.05. The molecule has 0 spiro atoms. The monoisotopic (exact) mass is 379 g/mol. The number of hydrogen-bond acceptors (Lipinski definition) is 4. The van der Waals surface area contributed by atoms with Crippen molar-refractivity contribution in [2.75, 3.05) is 33.2 Å². The van der Waals surface area contributed by atoms with Crippen LogP contribution in [-0.2, 0) is 4.79 Å². The zero-order valence-electron chi connectivity index (χ0n) is 12.0. The number of hydrogen-bond donors (Lipinski definition) is 1. The Morgan fingerprint density at radius 1 is 1.52 bits per heavy atom. The average molecular weight is 381 g/mol. The van der Waals surface area contributed by atoms with Gasteiger partial charge in [-0.15, -0.1) is 12.4 Å². The minimum atomic E-state index is -0.299. The van der Waals surface area contributed by atoms with E-state index in [0.717, 1.165) is 13.1 Å². The Kier molecular flexibility index (Phi) is 6.70. The quantitative estimate of drug-likeness (QED) is 0.860. The maximum atomic E-state index is 12.2. The van der Waals surface area contributed by atoms with Crippen LogP contribution in [0.15, 0.2) is 21.2 Å². The number of carbonyl (C=O) groups excluding carboxylic acids is 2. The number of nitrogens with zero attached hydrogens (tertiary/aromatic N) is 2. The Labute approximate surface area is 138 Å². The smallest absolute Gasteiger partial charge is 0.289 e. The fourth-order valence-electron chi connectivity index (χ4n) is 2.19. The van der Waals surface area contributed by atoms with Gasteiger partial charge in [0.1, 0.15) is 0 Å². The summed E-state index contributed by atoms with van der Waals surface area (Å²) in [6.07, 6.45) is 0. The molecule has 0 saturated carbocycles.